The predicted molar refractivity (Wildman–Crippen MR) is 60.2 cm³/mol. The molecule has 2 rings (SSSR count). The van der Waals surface area contributed by atoms with Crippen molar-refractivity contribution >= 4 is 5.97 Å². The van der Waals surface area contributed by atoms with Crippen LogP contribution in [0.5, 0.6) is 0 Å². The summed E-state index contributed by atoms with van der Waals surface area (Å²) in [5.74, 6) is -0.274. The quantitative estimate of drug-likeness (QED) is 0.717. The molecule has 0 aliphatic carbocycles. The highest BCUT2D eigenvalue weighted by molar-refractivity contribution is 5.89. The molecule has 1 atom stereocenters. The van der Waals surface area contributed by atoms with Crippen LogP contribution in [0.15, 0.2) is 30.3 Å². The fourth-order valence-corrected chi connectivity index (χ4v) is 1.71. The van der Waals surface area contributed by atoms with Gasteiger partial charge in [0.2, 0.25) is 0 Å². The number of esters is 1. The Balaban J connectivity index is 2.03. The van der Waals surface area contributed by atoms with Crippen molar-refractivity contribution in [3.8, 4) is 0 Å². The van der Waals surface area contributed by atoms with Crippen molar-refractivity contribution in [3.63, 3.8) is 0 Å². The Morgan fingerprint density at radius 2 is 2.06 bits per heavy atom. The zero-order valence-corrected chi connectivity index (χ0v) is 9.60. The third-order valence-electron chi connectivity index (χ3n) is 2.87. The van der Waals surface area contributed by atoms with Gasteiger partial charge in [0, 0.05) is 5.41 Å². The van der Waals surface area contributed by atoms with Crippen molar-refractivity contribution in [3.05, 3.63) is 35.9 Å². The van der Waals surface area contributed by atoms with E-state index in [-0.39, 0.29) is 17.5 Å². The molecule has 16 heavy (non-hydrogen) atoms. The monoisotopic (exact) mass is 220 g/mol. The molecule has 0 amide bonds. The number of hydrogen-bond acceptors (Lipinski definition) is 3. The minimum Gasteiger partial charge on any atom is -0.456 e. The summed E-state index contributed by atoms with van der Waals surface area (Å²) in [6.07, 6.45) is -0.153. The second-order valence-electron chi connectivity index (χ2n) is 4.76. The fraction of sp³-hybridized carbons (Fsp3) is 0.462. The van der Waals surface area contributed by atoms with Crippen molar-refractivity contribution in [1.82, 2.24) is 0 Å². The standard InChI is InChI=1S/C13H16O3/c1-13(2)9-15-8-11(13)16-12(14)10-6-4-3-5-7-10/h3-7,11H,8-9H2,1-2H3/t11-/m1/s1. The summed E-state index contributed by atoms with van der Waals surface area (Å²) in [5.41, 5.74) is 0.495. The van der Waals surface area contributed by atoms with Gasteiger partial charge in [-0.15, -0.1) is 0 Å². The molecule has 1 aromatic carbocycles. The number of carbonyl (C=O) groups is 1. The summed E-state index contributed by atoms with van der Waals surface area (Å²) in [6, 6.07) is 9.04. The number of benzene rings is 1. The molecule has 1 fully saturated rings. The number of rotatable bonds is 2. The lowest BCUT2D eigenvalue weighted by Gasteiger charge is -2.24. The van der Waals surface area contributed by atoms with Crippen LogP contribution in [0.1, 0.15) is 24.2 Å². The van der Waals surface area contributed by atoms with E-state index in [1.54, 1.807) is 12.1 Å². The molecule has 1 aliphatic rings. The van der Waals surface area contributed by atoms with Gasteiger partial charge in [-0.1, -0.05) is 32.0 Å². The Hall–Kier alpha value is -1.35. The summed E-state index contributed by atoms with van der Waals surface area (Å²) in [5, 5.41) is 0. The molecule has 1 aromatic rings. The average molecular weight is 220 g/mol. The van der Waals surface area contributed by atoms with E-state index in [9.17, 15) is 4.79 Å². The van der Waals surface area contributed by atoms with Crippen molar-refractivity contribution in [2.45, 2.75) is 20.0 Å². The second-order valence-corrected chi connectivity index (χ2v) is 4.76. The van der Waals surface area contributed by atoms with E-state index in [1.807, 2.05) is 32.0 Å². The first-order chi connectivity index (χ1) is 7.59. The Labute approximate surface area is 95.4 Å². The van der Waals surface area contributed by atoms with Gasteiger partial charge in [-0.25, -0.2) is 4.79 Å². The topological polar surface area (TPSA) is 35.5 Å². The molecule has 1 heterocycles. The van der Waals surface area contributed by atoms with Gasteiger partial charge in [-0.3, -0.25) is 0 Å². The lowest BCUT2D eigenvalue weighted by Crippen LogP contribution is -2.32. The third-order valence-corrected chi connectivity index (χ3v) is 2.87. The molecule has 3 heteroatoms. The van der Waals surface area contributed by atoms with E-state index in [4.69, 9.17) is 9.47 Å². The SMILES string of the molecule is CC1(C)COC[C@H]1OC(=O)c1ccccc1. The largest absolute Gasteiger partial charge is 0.456 e. The molecular weight excluding hydrogens is 204 g/mol. The molecular formula is C13H16O3. The van der Waals surface area contributed by atoms with Crippen LogP contribution in [0, 0.1) is 5.41 Å². The Kier molecular flexibility index (Phi) is 2.97. The number of carbonyl (C=O) groups excluding carboxylic acids is 1. The van der Waals surface area contributed by atoms with Crippen LogP contribution < -0.4 is 0 Å². The van der Waals surface area contributed by atoms with Gasteiger partial charge >= 0.3 is 5.97 Å². The van der Waals surface area contributed by atoms with Crippen LogP contribution >= 0.6 is 0 Å². The predicted octanol–water partition coefficient (Wildman–Crippen LogP) is 2.27. The smallest absolute Gasteiger partial charge is 0.338 e. The summed E-state index contributed by atoms with van der Waals surface area (Å²) in [4.78, 5) is 11.8. The average Bonchev–Trinajstić information content (AvgIpc) is 2.59. The molecule has 0 aromatic heterocycles. The Morgan fingerprint density at radius 3 is 2.62 bits per heavy atom. The summed E-state index contributed by atoms with van der Waals surface area (Å²) < 4.78 is 10.8. The van der Waals surface area contributed by atoms with Gasteiger partial charge in [-0.2, -0.15) is 0 Å². The minimum absolute atomic E-state index is 0.0928. The molecule has 0 spiro atoms. The van der Waals surface area contributed by atoms with Crippen LogP contribution in [-0.4, -0.2) is 25.3 Å². The highest BCUT2D eigenvalue weighted by atomic mass is 16.6. The minimum atomic E-state index is -0.274. The van der Waals surface area contributed by atoms with Gasteiger partial charge in [0.25, 0.3) is 0 Å². The van der Waals surface area contributed by atoms with Crippen molar-refractivity contribution in [2.75, 3.05) is 13.2 Å². The maximum absolute atomic E-state index is 11.8. The third kappa shape index (κ3) is 2.25. The molecule has 0 N–H and O–H groups in total. The molecule has 86 valence electrons. The molecule has 0 saturated carbocycles. The van der Waals surface area contributed by atoms with E-state index in [1.165, 1.54) is 0 Å². The summed E-state index contributed by atoms with van der Waals surface area (Å²) >= 11 is 0. The van der Waals surface area contributed by atoms with Gasteiger partial charge in [0.1, 0.15) is 6.10 Å². The van der Waals surface area contributed by atoms with E-state index in [0.29, 0.717) is 18.8 Å². The van der Waals surface area contributed by atoms with Crippen LogP contribution in [0.25, 0.3) is 0 Å². The number of hydrogen-bond donors (Lipinski definition) is 0. The Bertz CT molecular complexity index is 370. The zero-order chi connectivity index (χ0) is 11.6. The maximum atomic E-state index is 11.8. The molecule has 1 aliphatic heterocycles. The second kappa shape index (κ2) is 4.26. The number of ether oxygens (including phenoxy) is 2. The highest BCUT2D eigenvalue weighted by Crippen LogP contribution is 2.30. The van der Waals surface area contributed by atoms with E-state index < -0.39 is 0 Å². The molecule has 0 unspecified atom stereocenters. The van der Waals surface area contributed by atoms with Crippen molar-refractivity contribution in [1.29, 1.82) is 0 Å². The van der Waals surface area contributed by atoms with Gasteiger partial charge in [-0.05, 0) is 12.1 Å². The fourth-order valence-electron chi connectivity index (χ4n) is 1.71. The molecule has 1 saturated heterocycles. The molecule has 0 bridgehead atoms. The van der Waals surface area contributed by atoms with Crippen LogP contribution in [0.2, 0.25) is 0 Å². The van der Waals surface area contributed by atoms with E-state index >= 15 is 0 Å². The Morgan fingerprint density at radius 1 is 1.38 bits per heavy atom. The first-order valence-electron chi connectivity index (χ1n) is 5.43. The molecule has 3 nitrogen and oxygen atoms in total. The summed E-state index contributed by atoms with van der Waals surface area (Å²) in [6.45, 7) is 5.22. The van der Waals surface area contributed by atoms with Gasteiger partial charge in [0.15, 0.2) is 0 Å². The van der Waals surface area contributed by atoms with Crippen LogP contribution in [-0.2, 0) is 9.47 Å². The van der Waals surface area contributed by atoms with E-state index in [2.05, 4.69) is 0 Å². The van der Waals surface area contributed by atoms with Gasteiger partial charge in [0.05, 0.1) is 18.8 Å². The van der Waals surface area contributed by atoms with Gasteiger partial charge < -0.3 is 9.47 Å². The van der Waals surface area contributed by atoms with Crippen molar-refractivity contribution < 1.29 is 14.3 Å². The first kappa shape index (κ1) is 11.1. The normalized spacial score (nSPS) is 23.0. The zero-order valence-electron chi connectivity index (χ0n) is 9.60. The maximum Gasteiger partial charge on any atom is 0.338 e. The lowest BCUT2D eigenvalue weighted by atomic mass is 9.90. The first-order valence-corrected chi connectivity index (χ1v) is 5.43. The highest BCUT2D eigenvalue weighted by Gasteiger charge is 2.38. The molecule has 0 radical (unpaired) electrons. The van der Waals surface area contributed by atoms with Crippen molar-refractivity contribution in [2.24, 2.45) is 5.41 Å². The summed E-state index contributed by atoms with van der Waals surface area (Å²) in [7, 11) is 0. The van der Waals surface area contributed by atoms with E-state index in [0.717, 1.165) is 0 Å². The van der Waals surface area contributed by atoms with Crippen LogP contribution in [0.4, 0.5) is 0 Å². The lowest BCUT2D eigenvalue weighted by molar-refractivity contribution is 0.00865. The van der Waals surface area contributed by atoms with Crippen LogP contribution in [0.3, 0.4) is 0 Å².